The Balaban J connectivity index is 2.15. The highest BCUT2D eigenvalue weighted by atomic mass is 19.2. The smallest absolute Gasteiger partial charge is 0.162 e. The molecule has 1 aromatic heterocycles. The summed E-state index contributed by atoms with van der Waals surface area (Å²) in [5, 5.41) is 9.28. The molecule has 0 aliphatic rings. The van der Waals surface area contributed by atoms with Crippen LogP contribution in [0.4, 0.5) is 8.78 Å². The molecule has 1 N–H and O–H groups in total. The van der Waals surface area contributed by atoms with E-state index in [1.165, 1.54) is 12.3 Å². The molecule has 0 fully saturated rings. The van der Waals surface area contributed by atoms with Gasteiger partial charge in [-0.2, -0.15) is 0 Å². The van der Waals surface area contributed by atoms with Gasteiger partial charge in [0.15, 0.2) is 11.6 Å². The van der Waals surface area contributed by atoms with Crippen molar-refractivity contribution in [3.05, 3.63) is 53.9 Å². The summed E-state index contributed by atoms with van der Waals surface area (Å²) in [5.41, 5.74) is 0.507. The maximum Gasteiger partial charge on any atom is 0.162 e. The summed E-state index contributed by atoms with van der Waals surface area (Å²) in [6.45, 7) is 1.60. The van der Waals surface area contributed by atoms with E-state index in [0.717, 1.165) is 12.1 Å². The molecule has 0 amide bonds. The first kappa shape index (κ1) is 12.4. The summed E-state index contributed by atoms with van der Waals surface area (Å²) in [4.78, 5) is 3.97. The van der Waals surface area contributed by atoms with E-state index in [1.807, 2.05) is 0 Å². The van der Waals surface area contributed by atoms with Crippen LogP contribution in [0.15, 0.2) is 36.5 Å². The number of rotatable bonds is 3. The molecule has 0 aliphatic heterocycles. The summed E-state index contributed by atoms with van der Waals surface area (Å²) >= 11 is 0. The van der Waals surface area contributed by atoms with E-state index in [9.17, 15) is 13.9 Å². The van der Waals surface area contributed by atoms with Gasteiger partial charge in [-0.15, -0.1) is 0 Å². The number of aliphatic hydroxyl groups is 1. The van der Waals surface area contributed by atoms with Crippen LogP contribution in [0.3, 0.4) is 0 Å². The second-order valence-corrected chi connectivity index (χ2v) is 3.77. The Morgan fingerprint density at radius 1 is 1.11 bits per heavy atom. The lowest BCUT2D eigenvalue weighted by Gasteiger charge is -2.07. The predicted octanol–water partition coefficient (Wildman–Crippen LogP) is 3.21. The topological polar surface area (TPSA) is 42.4 Å². The van der Waals surface area contributed by atoms with Crippen LogP contribution in [0.25, 0.3) is 0 Å². The Morgan fingerprint density at radius 3 is 2.39 bits per heavy atom. The molecule has 5 heteroatoms. The van der Waals surface area contributed by atoms with Crippen LogP contribution in [0.1, 0.15) is 18.7 Å². The highest BCUT2D eigenvalue weighted by Gasteiger charge is 2.06. The van der Waals surface area contributed by atoms with Crippen molar-refractivity contribution in [3.63, 3.8) is 0 Å². The zero-order valence-electron chi connectivity index (χ0n) is 9.60. The molecule has 1 aromatic carbocycles. The third-order valence-corrected chi connectivity index (χ3v) is 2.31. The second kappa shape index (κ2) is 5.10. The van der Waals surface area contributed by atoms with Crippen LogP contribution in [-0.4, -0.2) is 10.1 Å². The molecule has 2 aromatic rings. The highest BCUT2D eigenvalue weighted by Crippen LogP contribution is 2.23. The molecular formula is C13H11F2NO2. The zero-order chi connectivity index (χ0) is 13.1. The molecular weight excluding hydrogens is 240 g/mol. The van der Waals surface area contributed by atoms with E-state index in [4.69, 9.17) is 4.74 Å². The first-order valence-corrected chi connectivity index (χ1v) is 5.33. The van der Waals surface area contributed by atoms with Gasteiger partial charge in [-0.25, -0.2) is 8.78 Å². The average molecular weight is 251 g/mol. The van der Waals surface area contributed by atoms with E-state index in [-0.39, 0.29) is 5.75 Å². The van der Waals surface area contributed by atoms with Gasteiger partial charge in [-0.05, 0) is 31.2 Å². The molecule has 2 rings (SSSR count). The summed E-state index contributed by atoms with van der Waals surface area (Å²) in [6, 6.07) is 6.46. The molecule has 0 aliphatic carbocycles. The fourth-order valence-electron chi connectivity index (χ4n) is 1.38. The summed E-state index contributed by atoms with van der Waals surface area (Å²) in [5.74, 6) is -1.34. The molecule has 0 unspecified atom stereocenters. The van der Waals surface area contributed by atoms with Gasteiger partial charge in [0, 0.05) is 6.07 Å². The Hall–Kier alpha value is -2.01. The number of hydrogen-bond acceptors (Lipinski definition) is 3. The van der Waals surface area contributed by atoms with Gasteiger partial charge in [-0.1, -0.05) is 0 Å². The molecule has 94 valence electrons. The minimum absolute atomic E-state index is 0.181. The summed E-state index contributed by atoms with van der Waals surface area (Å²) in [6.07, 6.45) is 0.742. The number of halogens is 2. The number of nitrogens with zero attached hydrogens (tertiary/aromatic N) is 1. The Labute approximate surface area is 103 Å². The van der Waals surface area contributed by atoms with Crippen molar-refractivity contribution in [2.24, 2.45) is 0 Å². The van der Waals surface area contributed by atoms with Gasteiger partial charge in [0.05, 0.1) is 18.0 Å². The van der Waals surface area contributed by atoms with Crippen LogP contribution in [0, 0.1) is 11.6 Å². The van der Waals surface area contributed by atoms with Crippen LogP contribution < -0.4 is 4.74 Å². The summed E-state index contributed by atoms with van der Waals surface area (Å²) < 4.78 is 31.0. The van der Waals surface area contributed by atoms with E-state index in [0.29, 0.717) is 11.4 Å². The maximum absolute atomic E-state index is 12.9. The summed E-state index contributed by atoms with van der Waals surface area (Å²) in [7, 11) is 0. The third kappa shape index (κ3) is 2.81. The predicted molar refractivity (Wildman–Crippen MR) is 61.3 cm³/mol. The number of aromatic nitrogens is 1. The van der Waals surface area contributed by atoms with Crippen molar-refractivity contribution in [3.8, 4) is 11.5 Å². The number of pyridine rings is 1. The highest BCUT2D eigenvalue weighted by molar-refractivity contribution is 5.30. The Kier molecular flexibility index (Phi) is 3.53. The number of aliphatic hydroxyl groups excluding tert-OH is 1. The monoisotopic (exact) mass is 251 g/mol. The molecule has 1 atom stereocenters. The molecule has 0 saturated carbocycles. The van der Waals surface area contributed by atoms with Crippen LogP contribution >= 0.6 is 0 Å². The van der Waals surface area contributed by atoms with E-state index < -0.39 is 17.7 Å². The minimum Gasteiger partial charge on any atom is -0.456 e. The fraction of sp³-hybridized carbons (Fsp3) is 0.154. The van der Waals surface area contributed by atoms with Crippen molar-refractivity contribution in [2.75, 3.05) is 0 Å². The van der Waals surface area contributed by atoms with Crippen LogP contribution in [-0.2, 0) is 0 Å². The van der Waals surface area contributed by atoms with Crippen molar-refractivity contribution in [2.45, 2.75) is 13.0 Å². The minimum atomic E-state index is -0.971. The Morgan fingerprint density at radius 2 is 1.83 bits per heavy atom. The largest absolute Gasteiger partial charge is 0.456 e. The number of benzene rings is 1. The maximum atomic E-state index is 12.9. The third-order valence-electron chi connectivity index (χ3n) is 2.31. The molecule has 1 heterocycles. The van der Waals surface area contributed by atoms with E-state index >= 15 is 0 Å². The number of hydrogen-bond donors (Lipinski definition) is 1. The van der Waals surface area contributed by atoms with Gasteiger partial charge in [0.2, 0.25) is 0 Å². The van der Waals surface area contributed by atoms with Gasteiger partial charge in [0.25, 0.3) is 0 Å². The fourth-order valence-corrected chi connectivity index (χ4v) is 1.38. The zero-order valence-corrected chi connectivity index (χ0v) is 9.60. The van der Waals surface area contributed by atoms with E-state index in [2.05, 4.69) is 4.98 Å². The van der Waals surface area contributed by atoms with Crippen LogP contribution in [0.2, 0.25) is 0 Å². The van der Waals surface area contributed by atoms with Crippen molar-refractivity contribution in [1.82, 2.24) is 4.98 Å². The van der Waals surface area contributed by atoms with Gasteiger partial charge in [-0.3, -0.25) is 4.98 Å². The standard InChI is InChI=1S/C13H11F2NO2/c1-8(17)13-5-3-10(7-16-13)18-9-2-4-11(14)12(15)6-9/h2-8,17H,1H3/t8-/m1/s1. The lowest BCUT2D eigenvalue weighted by atomic mass is 10.2. The SMILES string of the molecule is C[C@@H](O)c1ccc(Oc2ccc(F)c(F)c2)cn1. The lowest BCUT2D eigenvalue weighted by molar-refractivity contribution is 0.194. The lowest BCUT2D eigenvalue weighted by Crippen LogP contribution is -1.95. The molecule has 0 saturated heterocycles. The first-order chi connectivity index (χ1) is 8.56. The molecule has 0 bridgehead atoms. The van der Waals surface area contributed by atoms with Gasteiger partial charge in [0.1, 0.15) is 11.5 Å². The van der Waals surface area contributed by atoms with Crippen molar-refractivity contribution >= 4 is 0 Å². The van der Waals surface area contributed by atoms with Crippen molar-refractivity contribution in [1.29, 1.82) is 0 Å². The molecule has 18 heavy (non-hydrogen) atoms. The van der Waals surface area contributed by atoms with Gasteiger partial charge < -0.3 is 9.84 Å². The van der Waals surface area contributed by atoms with Gasteiger partial charge >= 0.3 is 0 Å². The normalized spacial score (nSPS) is 12.2. The number of ether oxygens (including phenoxy) is 1. The van der Waals surface area contributed by atoms with Crippen molar-refractivity contribution < 1.29 is 18.6 Å². The second-order valence-electron chi connectivity index (χ2n) is 3.77. The molecule has 3 nitrogen and oxygen atoms in total. The first-order valence-electron chi connectivity index (χ1n) is 5.33. The van der Waals surface area contributed by atoms with Crippen LogP contribution in [0.5, 0.6) is 11.5 Å². The Bertz CT molecular complexity index is 541. The molecule has 0 spiro atoms. The molecule has 0 radical (unpaired) electrons. The van der Waals surface area contributed by atoms with E-state index in [1.54, 1.807) is 19.1 Å². The average Bonchev–Trinajstić information content (AvgIpc) is 2.34. The quantitative estimate of drug-likeness (QED) is 0.910.